The van der Waals surface area contributed by atoms with Gasteiger partial charge in [0, 0.05) is 23.5 Å². The molecular formula is C25H36N6O8. The number of aliphatic hydroxyl groups is 1. The molecule has 5 unspecified atom stereocenters. The minimum atomic E-state index is -1.55. The Morgan fingerprint density at radius 3 is 2.23 bits per heavy atom. The number of nitrogens with two attached hydrogens (primary N) is 2. The molecule has 2 rings (SSSR count). The van der Waals surface area contributed by atoms with E-state index >= 15 is 0 Å². The largest absolute Gasteiger partial charge is 0.481 e. The molecule has 1 aromatic heterocycles. The second-order valence-electron chi connectivity index (χ2n) is 9.24. The summed E-state index contributed by atoms with van der Waals surface area (Å²) in [6.07, 6.45) is 0.569. The summed E-state index contributed by atoms with van der Waals surface area (Å²) in [6.45, 7) is 1.55. The van der Waals surface area contributed by atoms with Gasteiger partial charge in [0.2, 0.25) is 17.7 Å². The highest BCUT2D eigenvalue weighted by Crippen LogP contribution is 2.19. The van der Waals surface area contributed by atoms with Crippen LogP contribution >= 0.6 is 0 Å². The van der Waals surface area contributed by atoms with E-state index in [2.05, 4.69) is 20.9 Å². The number of unbranched alkanes of at least 4 members (excludes halogenated alkanes) is 1. The lowest BCUT2D eigenvalue weighted by molar-refractivity contribution is -0.142. The Labute approximate surface area is 224 Å². The molecule has 0 fully saturated rings. The Bertz CT molecular complexity index is 1170. The molecule has 0 aliphatic heterocycles. The lowest BCUT2D eigenvalue weighted by Crippen LogP contribution is -2.60. The van der Waals surface area contributed by atoms with E-state index in [1.807, 2.05) is 24.3 Å². The molecule has 0 bridgehead atoms. The molecule has 5 atom stereocenters. The number of benzene rings is 1. The third-order valence-electron chi connectivity index (χ3n) is 6.09. The molecular weight excluding hydrogens is 512 g/mol. The molecule has 14 nitrogen and oxygen atoms in total. The average molecular weight is 549 g/mol. The number of nitrogens with one attached hydrogen (secondary N) is 4. The second-order valence-corrected chi connectivity index (χ2v) is 9.24. The second kappa shape index (κ2) is 14.8. The van der Waals surface area contributed by atoms with Gasteiger partial charge in [-0.15, -0.1) is 0 Å². The number of aliphatic hydroxyl groups excluding tert-OH is 1. The summed E-state index contributed by atoms with van der Waals surface area (Å²) in [7, 11) is 0. The zero-order valence-electron chi connectivity index (χ0n) is 21.6. The number of hydrogen-bond acceptors (Lipinski definition) is 8. The van der Waals surface area contributed by atoms with E-state index < -0.39 is 66.4 Å². The molecule has 14 heteroatoms. The highest BCUT2D eigenvalue weighted by molar-refractivity contribution is 5.95. The van der Waals surface area contributed by atoms with Crippen LogP contribution in [0.1, 0.15) is 38.2 Å². The number of carbonyl (C=O) groups excluding carboxylic acids is 3. The van der Waals surface area contributed by atoms with Gasteiger partial charge < -0.3 is 47.7 Å². The lowest BCUT2D eigenvalue weighted by Gasteiger charge is -2.26. The van der Waals surface area contributed by atoms with Gasteiger partial charge in [-0.05, 0) is 44.4 Å². The fourth-order valence-corrected chi connectivity index (χ4v) is 3.96. The summed E-state index contributed by atoms with van der Waals surface area (Å²) in [5, 5.41) is 36.6. The summed E-state index contributed by atoms with van der Waals surface area (Å²) in [6, 6.07) is 1.75. The Balaban J connectivity index is 2.17. The Hall–Kier alpha value is -4.01. The zero-order chi connectivity index (χ0) is 29.1. The molecule has 1 aromatic carbocycles. The molecule has 1 heterocycles. The van der Waals surface area contributed by atoms with Crippen LogP contribution in [0.4, 0.5) is 0 Å². The van der Waals surface area contributed by atoms with E-state index in [-0.39, 0.29) is 12.8 Å². The number of carboxylic acids is 2. The monoisotopic (exact) mass is 548 g/mol. The van der Waals surface area contributed by atoms with Gasteiger partial charge in [-0.3, -0.25) is 19.2 Å². The summed E-state index contributed by atoms with van der Waals surface area (Å²) < 4.78 is 0. The summed E-state index contributed by atoms with van der Waals surface area (Å²) in [5.74, 6) is -5.29. The maximum Gasteiger partial charge on any atom is 0.326 e. The average Bonchev–Trinajstić information content (AvgIpc) is 3.28. The van der Waals surface area contributed by atoms with Crippen molar-refractivity contribution in [1.29, 1.82) is 0 Å². The topological polar surface area (TPSA) is 250 Å². The van der Waals surface area contributed by atoms with Crippen LogP contribution in [0.15, 0.2) is 30.5 Å². The van der Waals surface area contributed by atoms with Crippen molar-refractivity contribution in [1.82, 2.24) is 20.9 Å². The number of rotatable bonds is 16. The number of para-hydroxylation sites is 1. The Morgan fingerprint density at radius 2 is 1.62 bits per heavy atom. The molecule has 214 valence electrons. The van der Waals surface area contributed by atoms with Crippen LogP contribution in [0.2, 0.25) is 0 Å². The van der Waals surface area contributed by atoms with Gasteiger partial charge in [0.15, 0.2) is 0 Å². The van der Waals surface area contributed by atoms with Gasteiger partial charge in [0.05, 0.1) is 18.6 Å². The number of hydrogen-bond donors (Lipinski definition) is 9. The number of carbonyl (C=O) groups is 5. The van der Waals surface area contributed by atoms with Crippen molar-refractivity contribution in [2.45, 2.75) is 69.3 Å². The van der Waals surface area contributed by atoms with Crippen LogP contribution in [0.25, 0.3) is 10.9 Å². The van der Waals surface area contributed by atoms with Crippen LogP contribution < -0.4 is 27.4 Å². The van der Waals surface area contributed by atoms with Crippen LogP contribution in [0.3, 0.4) is 0 Å². The quantitative estimate of drug-likeness (QED) is 0.110. The minimum Gasteiger partial charge on any atom is -0.481 e. The highest BCUT2D eigenvalue weighted by atomic mass is 16.4. The Morgan fingerprint density at radius 1 is 0.949 bits per heavy atom. The van der Waals surface area contributed by atoms with Crippen LogP contribution in [0, 0.1) is 0 Å². The zero-order valence-corrected chi connectivity index (χ0v) is 21.6. The number of carboxylic acid groups (broad SMARTS) is 2. The predicted molar refractivity (Wildman–Crippen MR) is 140 cm³/mol. The highest BCUT2D eigenvalue weighted by Gasteiger charge is 2.32. The van der Waals surface area contributed by atoms with Gasteiger partial charge in [-0.2, -0.15) is 0 Å². The first kappa shape index (κ1) is 31.2. The molecule has 0 radical (unpaired) electrons. The van der Waals surface area contributed by atoms with E-state index in [0.29, 0.717) is 24.9 Å². The number of aromatic amines is 1. The molecule has 0 saturated carbocycles. The van der Waals surface area contributed by atoms with Gasteiger partial charge in [-0.25, -0.2) is 4.79 Å². The first-order valence-corrected chi connectivity index (χ1v) is 12.5. The molecule has 39 heavy (non-hydrogen) atoms. The van der Waals surface area contributed by atoms with Crippen molar-refractivity contribution >= 4 is 40.6 Å². The standard InChI is InChI=1S/C25H36N6O8/c1-13(32)21(31-22(35)16(27)11-20(33)34)24(37)29-18(8-4-5-9-26)23(36)30-19(25(38)39)10-14-12-28-17-7-3-2-6-15(14)17/h2-3,6-7,12-13,16,18-19,21,28,32H,4-5,8-11,26-27H2,1H3,(H,29,37)(H,30,36)(H,31,35)(H,33,34)(H,38,39). The van der Waals surface area contributed by atoms with Crippen molar-refractivity contribution < 1.29 is 39.3 Å². The summed E-state index contributed by atoms with van der Waals surface area (Å²) in [4.78, 5) is 64.2. The first-order chi connectivity index (χ1) is 18.4. The van der Waals surface area contributed by atoms with Gasteiger partial charge in [0.25, 0.3) is 0 Å². The van der Waals surface area contributed by atoms with Crippen molar-refractivity contribution in [3.63, 3.8) is 0 Å². The maximum atomic E-state index is 13.2. The normalized spacial score (nSPS) is 15.0. The van der Waals surface area contributed by atoms with E-state index in [1.165, 1.54) is 6.92 Å². The van der Waals surface area contributed by atoms with Crippen LogP contribution in [-0.4, -0.2) is 86.8 Å². The number of fused-ring (bicyclic) bond motifs is 1. The van der Waals surface area contributed by atoms with Crippen molar-refractivity contribution in [2.24, 2.45) is 11.5 Å². The maximum absolute atomic E-state index is 13.2. The van der Waals surface area contributed by atoms with E-state index in [4.69, 9.17) is 16.6 Å². The minimum absolute atomic E-state index is 0.0254. The predicted octanol–water partition coefficient (Wildman–Crippen LogP) is -1.44. The summed E-state index contributed by atoms with van der Waals surface area (Å²) in [5.41, 5.74) is 12.6. The van der Waals surface area contributed by atoms with E-state index in [0.717, 1.165) is 10.9 Å². The Kier molecular flexibility index (Phi) is 11.8. The third kappa shape index (κ3) is 9.35. The molecule has 0 saturated heterocycles. The fraction of sp³-hybridized carbons (Fsp3) is 0.480. The van der Waals surface area contributed by atoms with Crippen LogP contribution in [0.5, 0.6) is 0 Å². The van der Waals surface area contributed by atoms with Gasteiger partial charge in [-0.1, -0.05) is 18.2 Å². The van der Waals surface area contributed by atoms with E-state index in [9.17, 15) is 34.2 Å². The number of aromatic nitrogens is 1. The first-order valence-electron chi connectivity index (χ1n) is 12.5. The van der Waals surface area contributed by atoms with E-state index in [1.54, 1.807) is 6.20 Å². The smallest absolute Gasteiger partial charge is 0.326 e. The molecule has 0 spiro atoms. The lowest BCUT2D eigenvalue weighted by atomic mass is 10.0. The molecule has 0 aliphatic rings. The molecule has 3 amide bonds. The van der Waals surface area contributed by atoms with Gasteiger partial charge >= 0.3 is 11.9 Å². The third-order valence-corrected chi connectivity index (χ3v) is 6.09. The van der Waals surface area contributed by atoms with Crippen molar-refractivity contribution in [3.8, 4) is 0 Å². The van der Waals surface area contributed by atoms with Crippen LogP contribution in [-0.2, 0) is 30.4 Å². The molecule has 0 aliphatic carbocycles. The number of amides is 3. The van der Waals surface area contributed by atoms with Crippen molar-refractivity contribution in [2.75, 3.05) is 6.54 Å². The number of H-pyrrole nitrogens is 1. The SMILES string of the molecule is CC(O)C(NC(=O)C(N)CC(=O)O)C(=O)NC(CCCCN)C(=O)NC(Cc1c[nH]c2ccccc12)C(=O)O. The van der Waals surface area contributed by atoms with Gasteiger partial charge in [0.1, 0.15) is 18.1 Å². The fourth-order valence-electron chi connectivity index (χ4n) is 3.96. The number of aliphatic carboxylic acids is 2. The van der Waals surface area contributed by atoms with Crippen molar-refractivity contribution in [3.05, 3.63) is 36.0 Å². The molecule has 2 aromatic rings. The summed E-state index contributed by atoms with van der Waals surface area (Å²) >= 11 is 0. The molecule has 11 N–H and O–H groups in total.